The van der Waals surface area contributed by atoms with Crippen LogP contribution in [-0.2, 0) is 4.74 Å². The van der Waals surface area contributed by atoms with E-state index in [4.69, 9.17) is 16.3 Å². The fourth-order valence-electron chi connectivity index (χ4n) is 1.97. The van der Waals surface area contributed by atoms with E-state index in [0.29, 0.717) is 11.3 Å². The highest BCUT2D eigenvalue weighted by Gasteiger charge is 2.16. The minimum absolute atomic E-state index is 0.0467. The fraction of sp³-hybridized carbons (Fsp3) is 0.176. The lowest BCUT2D eigenvalue weighted by atomic mass is 10.1. The first-order valence-corrected chi connectivity index (χ1v) is 7.72. The van der Waals surface area contributed by atoms with E-state index < -0.39 is 16.8 Å². The Bertz CT molecular complexity index is 818. The molecule has 2 aromatic rings. The molecular weight excluding hydrogens is 348 g/mol. The van der Waals surface area contributed by atoms with E-state index in [1.807, 2.05) is 0 Å². The van der Waals surface area contributed by atoms with Gasteiger partial charge in [-0.1, -0.05) is 11.6 Å². The van der Waals surface area contributed by atoms with Crippen molar-refractivity contribution in [1.82, 2.24) is 0 Å². The van der Waals surface area contributed by atoms with Crippen LogP contribution in [0.25, 0.3) is 0 Å². The number of hydrogen-bond donors (Lipinski definition) is 1. The lowest BCUT2D eigenvalue weighted by Crippen LogP contribution is -2.13. The predicted molar refractivity (Wildman–Crippen MR) is 93.1 cm³/mol. The average Bonchev–Trinajstić information content (AvgIpc) is 2.54. The standard InChI is InChI=1S/C17H15ClN2O5/c1-10(2)25-17(22)11-3-6-13(7-4-11)19-16(21)12-5-8-14(18)15(9-12)20(23)24/h3-10H,1-2H3,(H,19,21). The molecule has 0 aliphatic heterocycles. The van der Waals surface area contributed by atoms with Crippen molar-refractivity contribution in [2.75, 3.05) is 5.32 Å². The first-order chi connectivity index (χ1) is 11.8. The molecule has 2 aromatic carbocycles. The zero-order valence-electron chi connectivity index (χ0n) is 13.5. The minimum atomic E-state index is -0.658. The number of anilines is 1. The third-order valence-electron chi connectivity index (χ3n) is 3.13. The molecule has 0 saturated heterocycles. The van der Waals surface area contributed by atoms with Crippen molar-refractivity contribution in [1.29, 1.82) is 0 Å². The first-order valence-electron chi connectivity index (χ1n) is 7.34. The molecule has 1 amide bonds. The summed E-state index contributed by atoms with van der Waals surface area (Å²) in [6, 6.07) is 9.90. The Morgan fingerprint density at radius 1 is 1.12 bits per heavy atom. The molecule has 0 aliphatic rings. The van der Waals surface area contributed by atoms with E-state index >= 15 is 0 Å². The van der Waals surface area contributed by atoms with Gasteiger partial charge >= 0.3 is 5.97 Å². The number of nitrogens with zero attached hydrogens (tertiary/aromatic N) is 1. The van der Waals surface area contributed by atoms with E-state index in [1.54, 1.807) is 26.0 Å². The van der Waals surface area contributed by atoms with Crippen LogP contribution in [0.2, 0.25) is 5.02 Å². The number of nitro benzene ring substituents is 1. The lowest BCUT2D eigenvalue weighted by molar-refractivity contribution is -0.384. The Hall–Kier alpha value is -2.93. The van der Waals surface area contributed by atoms with Gasteiger partial charge in [0.1, 0.15) is 5.02 Å². The van der Waals surface area contributed by atoms with Gasteiger partial charge in [-0.2, -0.15) is 0 Å². The number of nitro groups is 1. The summed E-state index contributed by atoms with van der Waals surface area (Å²) in [5.74, 6) is -0.988. The van der Waals surface area contributed by atoms with E-state index in [2.05, 4.69) is 5.32 Å². The molecule has 8 heteroatoms. The van der Waals surface area contributed by atoms with Gasteiger partial charge in [-0.05, 0) is 50.2 Å². The number of hydrogen-bond acceptors (Lipinski definition) is 5. The van der Waals surface area contributed by atoms with Gasteiger partial charge in [0.2, 0.25) is 0 Å². The topological polar surface area (TPSA) is 98.5 Å². The second-order valence-electron chi connectivity index (χ2n) is 5.41. The molecule has 0 atom stereocenters. The van der Waals surface area contributed by atoms with Crippen molar-refractivity contribution in [2.45, 2.75) is 20.0 Å². The van der Waals surface area contributed by atoms with Gasteiger partial charge in [-0.25, -0.2) is 4.79 Å². The van der Waals surface area contributed by atoms with Crippen LogP contribution in [0.1, 0.15) is 34.6 Å². The van der Waals surface area contributed by atoms with Crippen LogP contribution in [0.5, 0.6) is 0 Å². The molecule has 0 unspecified atom stereocenters. The molecular formula is C17H15ClN2O5. The number of halogens is 1. The number of esters is 1. The van der Waals surface area contributed by atoms with E-state index in [9.17, 15) is 19.7 Å². The van der Waals surface area contributed by atoms with Crippen LogP contribution in [0.3, 0.4) is 0 Å². The van der Waals surface area contributed by atoms with Crippen molar-refractivity contribution < 1.29 is 19.2 Å². The monoisotopic (exact) mass is 362 g/mol. The quantitative estimate of drug-likeness (QED) is 0.491. The number of carbonyl (C=O) groups is 2. The Balaban J connectivity index is 2.12. The second kappa shape index (κ2) is 7.76. The van der Waals surface area contributed by atoms with Crippen LogP contribution < -0.4 is 5.32 Å². The molecule has 2 rings (SSSR count). The number of ether oxygens (including phenoxy) is 1. The molecule has 0 heterocycles. The summed E-state index contributed by atoms with van der Waals surface area (Å²) < 4.78 is 5.07. The number of amides is 1. The van der Waals surface area contributed by atoms with Crippen molar-refractivity contribution in [2.24, 2.45) is 0 Å². The zero-order valence-corrected chi connectivity index (χ0v) is 14.2. The molecule has 0 bridgehead atoms. The van der Waals surface area contributed by atoms with E-state index in [0.717, 1.165) is 6.07 Å². The normalized spacial score (nSPS) is 10.4. The lowest BCUT2D eigenvalue weighted by Gasteiger charge is -2.09. The van der Waals surface area contributed by atoms with Crippen LogP contribution in [-0.4, -0.2) is 22.9 Å². The fourth-order valence-corrected chi connectivity index (χ4v) is 2.16. The Morgan fingerprint density at radius 3 is 2.28 bits per heavy atom. The smallest absolute Gasteiger partial charge is 0.338 e. The molecule has 0 saturated carbocycles. The summed E-state index contributed by atoms with van der Waals surface area (Å²) in [6.07, 6.45) is -0.229. The number of rotatable bonds is 5. The molecule has 0 fully saturated rings. The second-order valence-corrected chi connectivity index (χ2v) is 5.82. The first kappa shape index (κ1) is 18.4. The Labute approximate surface area is 148 Å². The number of carbonyl (C=O) groups excluding carboxylic acids is 2. The van der Waals surface area contributed by atoms with Gasteiger partial charge < -0.3 is 10.1 Å². The molecule has 1 N–H and O–H groups in total. The van der Waals surface area contributed by atoms with E-state index in [-0.39, 0.29) is 22.4 Å². The van der Waals surface area contributed by atoms with Crippen molar-refractivity contribution >= 4 is 34.9 Å². The van der Waals surface area contributed by atoms with Crippen LogP contribution in [0, 0.1) is 10.1 Å². The van der Waals surface area contributed by atoms with Crippen molar-refractivity contribution in [3.8, 4) is 0 Å². The number of benzene rings is 2. The summed E-state index contributed by atoms with van der Waals surface area (Å²) in [5, 5.41) is 13.4. The highest BCUT2D eigenvalue weighted by Crippen LogP contribution is 2.25. The molecule has 0 radical (unpaired) electrons. The summed E-state index contributed by atoms with van der Waals surface area (Å²) in [5.41, 5.74) is 0.540. The van der Waals surface area contributed by atoms with Crippen molar-refractivity contribution in [3.63, 3.8) is 0 Å². The largest absolute Gasteiger partial charge is 0.459 e. The zero-order chi connectivity index (χ0) is 18.6. The summed E-state index contributed by atoms with van der Waals surface area (Å²) >= 11 is 5.72. The highest BCUT2D eigenvalue weighted by atomic mass is 35.5. The van der Waals surface area contributed by atoms with Gasteiger partial charge in [-0.15, -0.1) is 0 Å². The van der Waals surface area contributed by atoms with Gasteiger partial charge in [0.05, 0.1) is 16.6 Å². The maximum atomic E-state index is 12.2. The van der Waals surface area contributed by atoms with Gasteiger partial charge in [0.25, 0.3) is 11.6 Å². The van der Waals surface area contributed by atoms with E-state index in [1.165, 1.54) is 24.3 Å². The van der Waals surface area contributed by atoms with Crippen LogP contribution in [0.4, 0.5) is 11.4 Å². The predicted octanol–water partition coefficient (Wildman–Crippen LogP) is 4.07. The number of nitrogens with one attached hydrogen (secondary N) is 1. The summed E-state index contributed by atoms with van der Waals surface area (Å²) in [7, 11) is 0. The maximum absolute atomic E-state index is 12.2. The van der Waals surface area contributed by atoms with Crippen molar-refractivity contribution in [3.05, 3.63) is 68.7 Å². The minimum Gasteiger partial charge on any atom is -0.459 e. The van der Waals surface area contributed by atoms with Crippen LogP contribution in [0.15, 0.2) is 42.5 Å². The van der Waals surface area contributed by atoms with Gasteiger partial charge in [0.15, 0.2) is 0 Å². The summed E-state index contributed by atoms with van der Waals surface area (Å²) in [4.78, 5) is 34.2. The maximum Gasteiger partial charge on any atom is 0.338 e. The third kappa shape index (κ3) is 4.77. The summed E-state index contributed by atoms with van der Waals surface area (Å²) in [6.45, 7) is 3.50. The molecule has 25 heavy (non-hydrogen) atoms. The molecule has 7 nitrogen and oxygen atoms in total. The average molecular weight is 363 g/mol. The van der Waals surface area contributed by atoms with Crippen LogP contribution >= 0.6 is 11.6 Å². The molecule has 0 aromatic heterocycles. The third-order valence-corrected chi connectivity index (χ3v) is 3.45. The van der Waals surface area contributed by atoms with Gasteiger partial charge in [-0.3, -0.25) is 14.9 Å². The molecule has 0 spiro atoms. The molecule has 0 aliphatic carbocycles. The Kier molecular flexibility index (Phi) is 5.71. The molecule has 130 valence electrons. The highest BCUT2D eigenvalue weighted by molar-refractivity contribution is 6.32. The van der Waals surface area contributed by atoms with Gasteiger partial charge in [0, 0.05) is 17.3 Å². The Morgan fingerprint density at radius 2 is 1.72 bits per heavy atom. The SMILES string of the molecule is CC(C)OC(=O)c1ccc(NC(=O)c2ccc(Cl)c([N+](=O)[O-])c2)cc1.